The molecule has 0 aromatic rings. The zero-order valence-electron chi connectivity index (χ0n) is 10.0. The second kappa shape index (κ2) is 5.75. The first-order chi connectivity index (χ1) is 7.02. The SMILES string of the molecule is CC(C)OCC(=O)N1CCSC(C)C1C. The summed E-state index contributed by atoms with van der Waals surface area (Å²) >= 11 is 1.94. The molecule has 0 spiro atoms. The first kappa shape index (κ1) is 12.8. The van der Waals surface area contributed by atoms with Gasteiger partial charge in [-0.2, -0.15) is 11.8 Å². The summed E-state index contributed by atoms with van der Waals surface area (Å²) in [7, 11) is 0. The number of carbonyl (C=O) groups excluding carboxylic acids is 1. The average Bonchev–Trinajstić information content (AvgIpc) is 2.18. The molecule has 0 saturated carbocycles. The van der Waals surface area contributed by atoms with Gasteiger partial charge in [0.05, 0.1) is 6.10 Å². The van der Waals surface area contributed by atoms with Gasteiger partial charge in [-0.25, -0.2) is 0 Å². The van der Waals surface area contributed by atoms with Crippen molar-refractivity contribution >= 4 is 17.7 Å². The Kier molecular flexibility index (Phi) is 4.93. The quantitative estimate of drug-likeness (QED) is 0.741. The van der Waals surface area contributed by atoms with Crippen molar-refractivity contribution in [2.75, 3.05) is 18.9 Å². The molecule has 2 atom stereocenters. The highest BCUT2D eigenvalue weighted by Crippen LogP contribution is 2.24. The average molecular weight is 231 g/mol. The number of ether oxygens (including phenoxy) is 1. The third-order valence-electron chi connectivity index (χ3n) is 2.74. The standard InChI is InChI=1S/C11H21NO2S/c1-8(2)14-7-11(13)12-5-6-15-10(4)9(12)3/h8-10H,5-7H2,1-4H3. The van der Waals surface area contributed by atoms with Gasteiger partial charge in [0.25, 0.3) is 0 Å². The van der Waals surface area contributed by atoms with E-state index in [1.54, 1.807) is 0 Å². The van der Waals surface area contributed by atoms with Crippen LogP contribution in [0.4, 0.5) is 0 Å². The van der Waals surface area contributed by atoms with E-state index in [9.17, 15) is 4.79 Å². The van der Waals surface area contributed by atoms with Crippen molar-refractivity contribution in [2.45, 2.75) is 45.1 Å². The van der Waals surface area contributed by atoms with Gasteiger partial charge >= 0.3 is 0 Å². The molecule has 1 heterocycles. The van der Waals surface area contributed by atoms with Gasteiger partial charge in [0.15, 0.2) is 0 Å². The topological polar surface area (TPSA) is 29.5 Å². The third-order valence-corrected chi connectivity index (χ3v) is 4.08. The third kappa shape index (κ3) is 3.68. The van der Waals surface area contributed by atoms with Crippen molar-refractivity contribution in [3.05, 3.63) is 0 Å². The number of thioether (sulfide) groups is 1. The van der Waals surface area contributed by atoms with E-state index in [1.165, 1.54) is 0 Å². The van der Waals surface area contributed by atoms with E-state index in [2.05, 4.69) is 13.8 Å². The normalized spacial score (nSPS) is 27.1. The van der Waals surface area contributed by atoms with Crippen LogP contribution in [0.3, 0.4) is 0 Å². The minimum absolute atomic E-state index is 0.126. The van der Waals surface area contributed by atoms with E-state index < -0.39 is 0 Å². The Balaban J connectivity index is 2.43. The zero-order valence-corrected chi connectivity index (χ0v) is 10.8. The molecule has 0 bridgehead atoms. The summed E-state index contributed by atoms with van der Waals surface area (Å²) in [4.78, 5) is 13.8. The van der Waals surface area contributed by atoms with Crippen LogP contribution < -0.4 is 0 Å². The monoisotopic (exact) mass is 231 g/mol. The Morgan fingerprint density at radius 1 is 1.53 bits per heavy atom. The molecule has 1 aliphatic rings. The summed E-state index contributed by atoms with van der Waals surface area (Å²) in [5.74, 6) is 1.17. The van der Waals surface area contributed by atoms with Crippen molar-refractivity contribution in [3.63, 3.8) is 0 Å². The molecule has 0 aromatic heterocycles. The molecule has 1 rings (SSSR count). The minimum Gasteiger partial charge on any atom is -0.369 e. The first-order valence-corrected chi connectivity index (χ1v) is 6.60. The lowest BCUT2D eigenvalue weighted by molar-refractivity contribution is -0.139. The maximum atomic E-state index is 11.9. The van der Waals surface area contributed by atoms with Crippen molar-refractivity contribution in [3.8, 4) is 0 Å². The first-order valence-electron chi connectivity index (χ1n) is 5.55. The lowest BCUT2D eigenvalue weighted by Crippen LogP contribution is -2.49. The highest BCUT2D eigenvalue weighted by molar-refractivity contribution is 8.00. The van der Waals surface area contributed by atoms with Crippen molar-refractivity contribution in [1.29, 1.82) is 0 Å². The molecule has 0 aromatic carbocycles. The van der Waals surface area contributed by atoms with E-state index >= 15 is 0 Å². The van der Waals surface area contributed by atoms with Gasteiger partial charge in [0.2, 0.25) is 5.91 Å². The Hall–Kier alpha value is -0.220. The largest absolute Gasteiger partial charge is 0.369 e. The Bertz CT molecular complexity index is 221. The van der Waals surface area contributed by atoms with Crippen LogP contribution in [0, 0.1) is 0 Å². The predicted molar refractivity (Wildman–Crippen MR) is 64.2 cm³/mol. The van der Waals surface area contributed by atoms with E-state index in [4.69, 9.17) is 4.74 Å². The summed E-state index contributed by atoms with van der Waals surface area (Å²) in [6.45, 7) is 9.27. The number of hydrogen-bond donors (Lipinski definition) is 0. The number of nitrogens with zero attached hydrogens (tertiary/aromatic N) is 1. The fraction of sp³-hybridized carbons (Fsp3) is 0.909. The molecule has 1 aliphatic heterocycles. The van der Waals surface area contributed by atoms with Gasteiger partial charge in [0, 0.05) is 23.6 Å². The molecule has 1 amide bonds. The second-order valence-electron chi connectivity index (χ2n) is 4.26. The van der Waals surface area contributed by atoms with Gasteiger partial charge in [-0.1, -0.05) is 6.92 Å². The van der Waals surface area contributed by atoms with Crippen LogP contribution in [0.1, 0.15) is 27.7 Å². The molecule has 15 heavy (non-hydrogen) atoms. The number of hydrogen-bond acceptors (Lipinski definition) is 3. The molecule has 1 fully saturated rings. The minimum atomic E-state index is 0.126. The summed E-state index contributed by atoms with van der Waals surface area (Å²) in [6.07, 6.45) is 0.126. The molecular weight excluding hydrogens is 210 g/mol. The van der Waals surface area contributed by atoms with E-state index in [1.807, 2.05) is 30.5 Å². The zero-order chi connectivity index (χ0) is 11.4. The maximum Gasteiger partial charge on any atom is 0.248 e. The van der Waals surface area contributed by atoms with E-state index in [0.717, 1.165) is 12.3 Å². The van der Waals surface area contributed by atoms with Crippen LogP contribution in [-0.4, -0.2) is 47.1 Å². The fourth-order valence-electron chi connectivity index (χ4n) is 1.61. The summed E-state index contributed by atoms with van der Waals surface area (Å²) < 4.78 is 5.34. The number of carbonyl (C=O) groups is 1. The summed E-state index contributed by atoms with van der Waals surface area (Å²) in [5.41, 5.74) is 0. The molecule has 2 unspecified atom stereocenters. The number of amides is 1. The molecule has 0 radical (unpaired) electrons. The van der Waals surface area contributed by atoms with E-state index in [-0.39, 0.29) is 18.6 Å². The maximum absolute atomic E-state index is 11.9. The Morgan fingerprint density at radius 2 is 2.20 bits per heavy atom. The van der Waals surface area contributed by atoms with Crippen molar-refractivity contribution < 1.29 is 9.53 Å². The lowest BCUT2D eigenvalue weighted by Gasteiger charge is -2.37. The van der Waals surface area contributed by atoms with Crippen LogP contribution in [0.2, 0.25) is 0 Å². The molecule has 0 N–H and O–H groups in total. The lowest BCUT2D eigenvalue weighted by atomic mass is 10.2. The van der Waals surface area contributed by atoms with Gasteiger partial charge in [-0.15, -0.1) is 0 Å². The van der Waals surface area contributed by atoms with Gasteiger partial charge in [-0.05, 0) is 20.8 Å². The van der Waals surface area contributed by atoms with Crippen LogP contribution >= 0.6 is 11.8 Å². The highest BCUT2D eigenvalue weighted by atomic mass is 32.2. The summed E-state index contributed by atoms with van der Waals surface area (Å²) in [6, 6.07) is 0.326. The van der Waals surface area contributed by atoms with Crippen LogP contribution in [-0.2, 0) is 9.53 Å². The van der Waals surface area contributed by atoms with Crippen molar-refractivity contribution in [2.24, 2.45) is 0 Å². The smallest absolute Gasteiger partial charge is 0.248 e. The second-order valence-corrected chi connectivity index (χ2v) is 5.75. The highest BCUT2D eigenvalue weighted by Gasteiger charge is 2.28. The Morgan fingerprint density at radius 3 is 2.80 bits per heavy atom. The van der Waals surface area contributed by atoms with Crippen LogP contribution in [0.25, 0.3) is 0 Å². The van der Waals surface area contributed by atoms with Crippen LogP contribution in [0.5, 0.6) is 0 Å². The summed E-state index contributed by atoms with van der Waals surface area (Å²) in [5, 5.41) is 0.529. The molecule has 0 aliphatic carbocycles. The fourth-order valence-corrected chi connectivity index (χ4v) is 2.71. The molecule has 1 saturated heterocycles. The molecule has 3 nitrogen and oxygen atoms in total. The van der Waals surface area contributed by atoms with Crippen molar-refractivity contribution in [1.82, 2.24) is 4.90 Å². The predicted octanol–water partition coefficient (Wildman–Crippen LogP) is 1.76. The van der Waals surface area contributed by atoms with E-state index in [0.29, 0.717) is 11.3 Å². The van der Waals surface area contributed by atoms with Gasteiger partial charge in [-0.3, -0.25) is 4.79 Å². The molecular formula is C11H21NO2S. The Labute approximate surface area is 96.5 Å². The van der Waals surface area contributed by atoms with Gasteiger partial charge < -0.3 is 9.64 Å². The molecule has 88 valence electrons. The van der Waals surface area contributed by atoms with Crippen LogP contribution in [0.15, 0.2) is 0 Å². The van der Waals surface area contributed by atoms with Gasteiger partial charge in [0.1, 0.15) is 6.61 Å². The number of rotatable bonds is 3. The molecule has 4 heteroatoms.